The van der Waals surface area contributed by atoms with Crippen molar-refractivity contribution in [3.63, 3.8) is 0 Å². The Morgan fingerprint density at radius 1 is 1.64 bits per heavy atom. The molecule has 3 nitrogen and oxygen atoms in total. The van der Waals surface area contributed by atoms with Crippen LogP contribution in [0.2, 0.25) is 0 Å². The van der Waals surface area contributed by atoms with Gasteiger partial charge >= 0.3 is 0 Å². The Labute approximate surface area is 73.1 Å². The number of carbonyl (C=O) groups excluding carboxylic acids is 1. The molecule has 0 heterocycles. The molecule has 0 saturated carbocycles. The highest BCUT2D eigenvalue weighted by Gasteiger charge is 2.12. The fourth-order valence-corrected chi connectivity index (χ4v) is 1.09. The smallest absolute Gasteiger partial charge is 0.188 e. The van der Waals surface area contributed by atoms with E-state index < -0.39 is 0 Å². The summed E-state index contributed by atoms with van der Waals surface area (Å²) in [5, 5.41) is -0.0473. The van der Waals surface area contributed by atoms with Gasteiger partial charge in [0.05, 0.1) is 0 Å². The number of hydrazine groups is 1. The molecule has 0 aromatic carbocycles. The van der Waals surface area contributed by atoms with Crippen LogP contribution in [0.15, 0.2) is 0 Å². The molecule has 0 rings (SSSR count). The summed E-state index contributed by atoms with van der Waals surface area (Å²) < 4.78 is 0. The van der Waals surface area contributed by atoms with Crippen molar-refractivity contribution < 1.29 is 4.79 Å². The van der Waals surface area contributed by atoms with E-state index in [1.165, 1.54) is 0 Å². The third-order valence-corrected chi connectivity index (χ3v) is 2.08. The van der Waals surface area contributed by atoms with Gasteiger partial charge in [0.15, 0.2) is 5.12 Å². The number of carbonyl (C=O) groups is 1. The van der Waals surface area contributed by atoms with Crippen LogP contribution in [-0.2, 0) is 4.79 Å². The van der Waals surface area contributed by atoms with Gasteiger partial charge in [0, 0.05) is 12.5 Å². The second kappa shape index (κ2) is 5.57. The molecule has 0 fully saturated rings. The van der Waals surface area contributed by atoms with Crippen LogP contribution in [0.5, 0.6) is 0 Å². The normalized spacial score (nSPS) is 16.0. The molecule has 3 N–H and O–H groups in total. The molecule has 11 heavy (non-hydrogen) atoms. The van der Waals surface area contributed by atoms with Gasteiger partial charge in [0.2, 0.25) is 0 Å². The molecule has 0 aromatic heterocycles. The van der Waals surface area contributed by atoms with Crippen molar-refractivity contribution in [2.24, 2.45) is 17.7 Å². The second-order valence-corrected chi connectivity index (χ2v) is 3.43. The zero-order valence-corrected chi connectivity index (χ0v) is 7.90. The van der Waals surface area contributed by atoms with Crippen molar-refractivity contribution >= 4 is 17.7 Å². The lowest BCUT2D eigenvalue weighted by Crippen LogP contribution is -2.28. The lowest BCUT2D eigenvalue weighted by molar-refractivity contribution is -0.114. The molecule has 2 unspecified atom stereocenters. The molecule has 0 saturated heterocycles. The van der Waals surface area contributed by atoms with Crippen molar-refractivity contribution in [2.75, 3.05) is 6.54 Å². The molecule has 0 radical (unpaired) electrons. The van der Waals surface area contributed by atoms with Gasteiger partial charge in [-0.05, 0) is 12.3 Å². The number of thiol groups is 1. The quantitative estimate of drug-likeness (QED) is 0.326. The largest absolute Gasteiger partial charge is 0.287 e. The molecule has 0 aliphatic heterocycles. The van der Waals surface area contributed by atoms with E-state index >= 15 is 0 Å². The molecule has 4 heteroatoms. The van der Waals surface area contributed by atoms with Gasteiger partial charge < -0.3 is 0 Å². The van der Waals surface area contributed by atoms with E-state index in [1.807, 2.05) is 13.8 Å². The van der Waals surface area contributed by atoms with E-state index in [1.54, 1.807) is 0 Å². The van der Waals surface area contributed by atoms with E-state index in [4.69, 9.17) is 5.84 Å². The first-order chi connectivity index (χ1) is 5.07. The van der Waals surface area contributed by atoms with Gasteiger partial charge in [0.1, 0.15) is 0 Å². The summed E-state index contributed by atoms with van der Waals surface area (Å²) in [4.78, 5) is 10.7. The lowest BCUT2D eigenvalue weighted by atomic mass is 9.98. The zero-order valence-electron chi connectivity index (χ0n) is 7.00. The molecule has 2 atom stereocenters. The summed E-state index contributed by atoms with van der Waals surface area (Å²) in [5.41, 5.74) is 2.58. The first-order valence-electron chi connectivity index (χ1n) is 3.74. The van der Waals surface area contributed by atoms with Gasteiger partial charge in [0.25, 0.3) is 0 Å². The fourth-order valence-electron chi connectivity index (χ4n) is 0.989. The highest BCUT2D eigenvalue weighted by atomic mass is 32.1. The van der Waals surface area contributed by atoms with Crippen LogP contribution in [-0.4, -0.2) is 11.7 Å². The monoisotopic (exact) mass is 176 g/mol. The van der Waals surface area contributed by atoms with Crippen LogP contribution in [0.3, 0.4) is 0 Å². The van der Waals surface area contributed by atoms with Crippen LogP contribution in [0.4, 0.5) is 0 Å². The minimum Gasteiger partial charge on any atom is -0.287 e. The lowest BCUT2D eigenvalue weighted by Gasteiger charge is -2.13. The SMILES string of the molecule is CC(CNN)CC(C)C(=O)S. The van der Waals surface area contributed by atoms with Crippen molar-refractivity contribution in [1.29, 1.82) is 0 Å². The molecule has 0 spiro atoms. The van der Waals surface area contributed by atoms with Crippen LogP contribution in [0.25, 0.3) is 0 Å². The van der Waals surface area contributed by atoms with Gasteiger partial charge in [-0.25, -0.2) is 0 Å². The van der Waals surface area contributed by atoms with E-state index in [-0.39, 0.29) is 11.0 Å². The standard InChI is InChI=1S/C7H16N2OS/c1-5(4-9-8)3-6(2)7(10)11/h5-6,9H,3-4,8H2,1-2H3,(H,10,11). The number of nitrogens with one attached hydrogen (secondary N) is 1. The van der Waals surface area contributed by atoms with Gasteiger partial charge in [-0.2, -0.15) is 0 Å². The summed E-state index contributed by atoms with van der Waals surface area (Å²) >= 11 is 3.75. The molecule has 0 amide bonds. The zero-order chi connectivity index (χ0) is 8.85. The van der Waals surface area contributed by atoms with Crippen LogP contribution < -0.4 is 11.3 Å². The van der Waals surface area contributed by atoms with Crippen molar-refractivity contribution in [3.8, 4) is 0 Å². The Kier molecular flexibility index (Phi) is 5.54. The maximum Gasteiger partial charge on any atom is 0.188 e. The number of rotatable bonds is 5. The molecule has 0 aromatic rings. The Hall–Kier alpha value is -0.0600. The minimum absolute atomic E-state index is 0.0293. The Bertz CT molecular complexity index is 130. The third-order valence-electron chi connectivity index (χ3n) is 1.64. The third kappa shape index (κ3) is 5.24. The van der Waals surface area contributed by atoms with E-state index in [2.05, 4.69) is 18.1 Å². The van der Waals surface area contributed by atoms with Crippen LogP contribution >= 0.6 is 12.6 Å². The van der Waals surface area contributed by atoms with Crippen molar-refractivity contribution in [2.45, 2.75) is 20.3 Å². The molecular formula is C7H16N2OS. The van der Waals surface area contributed by atoms with E-state index in [0.717, 1.165) is 13.0 Å². The summed E-state index contributed by atoms with van der Waals surface area (Å²) in [7, 11) is 0. The molecule has 0 aliphatic rings. The molecule has 0 bridgehead atoms. The highest BCUT2D eigenvalue weighted by molar-refractivity contribution is 7.96. The second-order valence-electron chi connectivity index (χ2n) is 2.99. The summed E-state index contributed by atoms with van der Waals surface area (Å²) in [5.74, 6) is 5.58. The van der Waals surface area contributed by atoms with Gasteiger partial charge in [-0.15, -0.1) is 12.6 Å². The Morgan fingerprint density at radius 3 is 2.55 bits per heavy atom. The maximum absolute atomic E-state index is 10.7. The Balaban J connectivity index is 3.56. The highest BCUT2D eigenvalue weighted by Crippen LogP contribution is 2.12. The average Bonchev–Trinajstić information content (AvgIpc) is 1.87. The van der Waals surface area contributed by atoms with Gasteiger partial charge in [-0.3, -0.25) is 16.1 Å². The molecule has 0 aliphatic carbocycles. The number of hydrogen-bond acceptors (Lipinski definition) is 3. The Morgan fingerprint density at radius 2 is 2.18 bits per heavy atom. The first-order valence-corrected chi connectivity index (χ1v) is 4.19. The van der Waals surface area contributed by atoms with Crippen molar-refractivity contribution in [1.82, 2.24) is 5.43 Å². The summed E-state index contributed by atoms with van der Waals surface area (Å²) in [6.45, 7) is 4.67. The fraction of sp³-hybridized carbons (Fsp3) is 0.857. The van der Waals surface area contributed by atoms with Crippen LogP contribution in [0, 0.1) is 11.8 Å². The maximum atomic E-state index is 10.7. The molecular weight excluding hydrogens is 160 g/mol. The summed E-state index contributed by atoms with van der Waals surface area (Å²) in [6.07, 6.45) is 0.840. The predicted molar refractivity (Wildman–Crippen MR) is 49.1 cm³/mol. The summed E-state index contributed by atoms with van der Waals surface area (Å²) in [6, 6.07) is 0. The predicted octanol–water partition coefficient (Wildman–Crippen LogP) is 0.568. The van der Waals surface area contributed by atoms with Crippen LogP contribution in [0.1, 0.15) is 20.3 Å². The van der Waals surface area contributed by atoms with E-state index in [9.17, 15) is 4.79 Å². The number of hydrogen-bond donors (Lipinski definition) is 3. The number of nitrogens with two attached hydrogens (primary N) is 1. The average molecular weight is 176 g/mol. The topological polar surface area (TPSA) is 55.1 Å². The van der Waals surface area contributed by atoms with Crippen molar-refractivity contribution in [3.05, 3.63) is 0 Å². The molecule has 66 valence electrons. The van der Waals surface area contributed by atoms with Gasteiger partial charge in [-0.1, -0.05) is 13.8 Å². The minimum atomic E-state index is -0.0473. The first kappa shape index (κ1) is 10.9. The van der Waals surface area contributed by atoms with E-state index in [0.29, 0.717) is 5.92 Å².